The van der Waals surface area contributed by atoms with E-state index in [1.165, 1.54) is 16.5 Å². The molecule has 2 aromatic rings. The van der Waals surface area contributed by atoms with Gasteiger partial charge >= 0.3 is 0 Å². The van der Waals surface area contributed by atoms with Gasteiger partial charge in [-0.2, -0.15) is 0 Å². The molecule has 96 valence electrons. The average molecular weight is 393 g/mol. The van der Waals surface area contributed by atoms with Gasteiger partial charge in [-0.1, -0.05) is 15.9 Å². The summed E-state index contributed by atoms with van der Waals surface area (Å²) in [6.45, 7) is 2.07. The highest BCUT2D eigenvalue weighted by atomic mass is 79.9. The van der Waals surface area contributed by atoms with Crippen LogP contribution in [0.1, 0.15) is 22.0 Å². The summed E-state index contributed by atoms with van der Waals surface area (Å²) in [5.41, 5.74) is 2.08. The van der Waals surface area contributed by atoms with Gasteiger partial charge in [-0.25, -0.2) is 4.39 Å². The van der Waals surface area contributed by atoms with Gasteiger partial charge in [0.05, 0.1) is 9.83 Å². The lowest BCUT2D eigenvalue weighted by Crippen LogP contribution is -2.18. The second kappa shape index (κ2) is 5.82. The highest BCUT2D eigenvalue weighted by molar-refractivity contribution is 9.11. The zero-order valence-corrected chi connectivity index (χ0v) is 13.9. The molecule has 1 unspecified atom stereocenters. The van der Waals surface area contributed by atoms with Crippen LogP contribution in [0.2, 0.25) is 0 Å². The Labute approximate surface area is 127 Å². The second-order valence-corrected chi connectivity index (χ2v) is 7.44. The minimum atomic E-state index is -0.222. The van der Waals surface area contributed by atoms with E-state index in [1.807, 2.05) is 7.05 Å². The van der Waals surface area contributed by atoms with Crippen LogP contribution in [0.3, 0.4) is 0 Å². The number of hydrogen-bond acceptors (Lipinski definition) is 2. The summed E-state index contributed by atoms with van der Waals surface area (Å²) >= 11 is 8.66. The summed E-state index contributed by atoms with van der Waals surface area (Å²) < 4.78 is 15.4. The van der Waals surface area contributed by atoms with Crippen LogP contribution in [0.4, 0.5) is 4.39 Å². The van der Waals surface area contributed by atoms with Crippen molar-refractivity contribution in [2.24, 2.45) is 0 Å². The Bertz CT molecular complexity index is 568. The fourth-order valence-electron chi connectivity index (χ4n) is 1.96. The molecule has 5 heteroatoms. The highest BCUT2D eigenvalue weighted by Crippen LogP contribution is 2.36. The minimum absolute atomic E-state index is 0.0161. The van der Waals surface area contributed by atoms with E-state index in [1.54, 1.807) is 23.5 Å². The first-order valence-electron chi connectivity index (χ1n) is 5.41. The molecule has 1 heterocycles. The molecule has 0 amide bonds. The van der Waals surface area contributed by atoms with Crippen molar-refractivity contribution in [1.29, 1.82) is 0 Å². The van der Waals surface area contributed by atoms with Crippen molar-refractivity contribution in [3.8, 4) is 0 Å². The number of benzene rings is 1. The predicted molar refractivity (Wildman–Crippen MR) is 81.8 cm³/mol. The molecule has 2 rings (SSSR count). The first kappa shape index (κ1) is 14.2. The van der Waals surface area contributed by atoms with E-state index >= 15 is 0 Å². The third-order valence-corrected chi connectivity index (χ3v) is 5.09. The summed E-state index contributed by atoms with van der Waals surface area (Å²) in [4.78, 5) is 1.22. The molecule has 0 aliphatic carbocycles. The predicted octanol–water partition coefficient (Wildman–Crippen LogP) is 5.03. The number of rotatable bonds is 3. The van der Waals surface area contributed by atoms with E-state index in [0.29, 0.717) is 0 Å². The Balaban J connectivity index is 2.51. The van der Waals surface area contributed by atoms with Crippen LogP contribution in [0.25, 0.3) is 0 Å². The van der Waals surface area contributed by atoms with Gasteiger partial charge in [0.25, 0.3) is 0 Å². The van der Waals surface area contributed by atoms with Gasteiger partial charge in [0, 0.05) is 9.35 Å². The molecule has 0 saturated carbocycles. The normalized spacial score (nSPS) is 12.7. The van der Waals surface area contributed by atoms with Crippen LogP contribution >= 0.6 is 43.2 Å². The lowest BCUT2D eigenvalue weighted by atomic mass is 9.99. The molecule has 0 saturated heterocycles. The quantitative estimate of drug-likeness (QED) is 0.772. The van der Waals surface area contributed by atoms with E-state index in [0.717, 1.165) is 13.8 Å². The maximum Gasteiger partial charge on any atom is 0.123 e. The van der Waals surface area contributed by atoms with E-state index in [-0.39, 0.29) is 11.9 Å². The molecule has 1 aromatic carbocycles. The third kappa shape index (κ3) is 2.85. The number of nitrogens with one attached hydrogen (secondary N) is 1. The van der Waals surface area contributed by atoms with Crippen molar-refractivity contribution in [2.45, 2.75) is 13.0 Å². The lowest BCUT2D eigenvalue weighted by Gasteiger charge is -2.18. The topological polar surface area (TPSA) is 12.0 Å². The van der Waals surface area contributed by atoms with Crippen molar-refractivity contribution in [3.05, 3.63) is 54.3 Å². The van der Waals surface area contributed by atoms with E-state index < -0.39 is 0 Å². The zero-order valence-electron chi connectivity index (χ0n) is 9.93. The summed E-state index contributed by atoms with van der Waals surface area (Å²) in [6, 6.07) is 6.83. The van der Waals surface area contributed by atoms with Crippen molar-refractivity contribution >= 4 is 43.2 Å². The van der Waals surface area contributed by atoms with Crippen LogP contribution < -0.4 is 5.32 Å². The fourth-order valence-corrected chi connectivity index (χ4v) is 4.18. The summed E-state index contributed by atoms with van der Waals surface area (Å²) in [5, 5.41) is 3.25. The molecule has 0 aliphatic heterocycles. The van der Waals surface area contributed by atoms with Crippen LogP contribution in [-0.4, -0.2) is 7.05 Å². The van der Waals surface area contributed by atoms with E-state index in [2.05, 4.69) is 50.2 Å². The van der Waals surface area contributed by atoms with Crippen molar-refractivity contribution in [3.63, 3.8) is 0 Å². The lowest BCUT2D eigenvalue weighted by molar-refractivity contribution is 0.615. The van der Waals surface area contributed by atoms with Crippen LogP contribution in [0.5, 0.6) is 0 Å². The Hall–Kier alpha value is -0.230. The van der Waals surface area contributed by atoms with E-state index in [9.17, 15) is 4.39 Å². The first-order chi connectivity index (χ1) is 8.52. The monoisotopic (exact) mass is 391 g/mol. The van der Waals surface area contributed by atoms with Gasteiger partial charge in [0.1, 0.15) is 5.82 Å². The van der Waals surface area contributed by atoms with Gasteiger partial charge < -0.3 is 5.32 Å². The van der Waals surface area contributed by atoms with Gasteiger partial charge in [-0.05, 0) is 65.3 Å². The summed E-state index contributed by atoms with van der Waals surface area (Å²) in [7, 11) is 1.88. The van der Waals surface area contributed by atoms with Crippen LogP contribution in [-0.2, 0) is 0 Å². The minimum Gasteiger partial charge on any atom is -0.309 e. The number of halogens is 3. The number of thiophene rings is 1. The molecular formula is C13H12Br2FNS. The molecule has 0 bridgehead atoms. The zero-order chi connectivity index (χ0) is 13.3. The van der Waals surface area contributed by atoms with Gasteiger partial charge in [0.15, 0.2) is 0 Å². The van der Waals surface area contributed by atoms with Gasteiger partial charge in [0.2, 0.25) is 0 Å². The molecule has 1 aromatic heterocycles. The Morgan fingerprint density at radius 3 is 2.50 bits per heavy atom. The second-order valence-electron chi connectivity index (χ2n) is 3.95. The fraction of sp³-hybridized carbons (Fsp3) is 0.231. The molecule has 0 fully saturated rings. The Morgan fingerprint density at radius 1 is 1.22 bits per heavy atom. The molecule has 0 aliphatic rings. The summed E-state index contributed by atoms with van der Waals surface area (Å²) in [5.74, 6) is -0.222. The highest BCUT2D eigenvalue weighted by Gasteiger charge is 2.19. The van der Waals surface area contributed by atoms with Gasteiger partial charge in [-0.3, -0.25) is 0 Å². The number of hydrogen-bond donors (Lipinski definition) is 1. The molecule has 0 spiro atoms. The number of aryl methyl sites for hydroxylation is 1. The van der Waals surface area contributed by atoms with Crippen LogP contribution in [0.15, 0.2) is 32.5 Å². The SMILES string of the molecule is CNC(c1cc(F)ccc1Br)c1cc(Br)sc1C. The molecule has 18 heavy (non-hydrogen) atoms. The molecule has 1 nitrogen and oxygen atoms in total. The van der Waals surface area contributed by atoms with Crippen molar-refractivity contribution < 1.29 is 4.39 Å². The van der Waals surface area contributed by atoms with Crippen molar-refractivity contribution in [2.75, 3.05) is 7.05 Å². The maximum atomic E-state index is 13.4. The Kier molecular flexibility index (Phi) is 4.59. The molecule has 0 radical (unpaired) electrons. The van der Waals surface area contributed by atoms with E-state index in [4.69, 9.17) is 0 Å². The summed E-state index contributed by atoms with van der Waals surface area (Å²) in [6.07, 6.45) is 0. The largest absolute Gasteiger partial charge is 0.309 e. The Morgan fingerprint density at radius 2 is 1.94 bits per heavy atom. The molecule has 1 atom stereocenters. The molecule has 1 N–H and O–H groups in total. The first-order valence-corrected chi connectivity index (χ1v) is 7.81. The average Bonchev–Trinajstić information content (AvgIpc) is 2.64. The standard InChI is InChI=1S/C13H12Br2FNS/c1-7-9(6-12(15)18-7)13(17-2)10-5-8(16)3-4-11(10)14/h3-6,13,17H,1-2H3. The maximum absolute atomic E-state index is 13.4. The van der Waals surface area contributed by atoms with Crippen molar-refractivity contribution in [1.82, 2.24) is 5.32 Å². The molecular weight excluding hydrogens is 381 g/mol. The van der Waals surface area contributed by atoms with Crippen LogP contribution in [0, 0.1) is 12.7 Å². The smallest absolute Gasteiger partial charge is 0.123 e. The van der Waals surface area contributed by atoms with Gasteiger partial charge in [-0.15, -0.1) is 11.3 Å². The third-order valence-electron chi connectivity index (χ3n) is 2.79.